The van der Waals surface area contributed by atoms with Gasteiger partial charge in [-0.15, -0.1) is 0 Å². The molecule has 0 amide bonds. The molecule has 4 nitrogen and oxygen atoms in total. The maximum atomic E-state index is 12.6. The van der Waals surface area contributed by atoms with Crippen LogP contribution in [0.4, 0.5) is 13.2 Å². The molecule has 1 aromatic rings. The van der Waals surface area contributed by atoms with Gasteiger partial charge in [0.15, 0.2) is 5.69 Å². The van der Waals surface area contributed by atoms with Gasteiger partial charge in [0.25, 0.3) is 0 Å². The van der Waals surface area contributed by atoms with Crippen LogP contribution in [0, 0.1) is 5.92 Å². The molecule has 96 valence electrons. The normalized spacial score (nSPS) is 13.8. The maximum absolute atomic E-state index is 12.6. The summed E-state index contributed by atoms with van der Waals surface area (Å²) in [5, 5.41) is 11.8. The Morgan fingerprint density at radius 2 is 2.12 bits per heavy atom. The monoisotopic (exact) mass is 270 g/mol. The van der Waals surface area contributed by atoms with Crippen LogP contribution in [0.25, 0.3) is 0 Å². The van der Waals surface area contributed by atoms with Gasteiger partial charge in [-0.05, 0) is 6.42 Å². The average molecular weight is 271 g/mol. The van der Waals surface area contributed by atoms with Gasteiger partial charge in [-0.25, -0.2) is 0 Å². The summed E-state index contributed by atoms with van der Waals surface area (Å²) in [5.74, 6) is -2.14. The minimum atomic E-state index is -4.64. The largest absolute Gasteiger partial charge is 0.481 e. The fourth-order valence-electron chi connectivity index (χ4n) is 1.35. The van der Waals surface area contributed by atoms with Crippen LogP contribution in [0.15, 0.2) is 0 Å². The van der Waals surface area contributed by atoms with Gasteiger partial charge in [0, 0.05) is 12.6 Å². The van der Waals surface area contributed by atoms with E-state index in [-0.39, 0.29) is 17.1 Å². The predicted octanol–water partition coefficient (Wildman–Crippen LogP) is 2.36. The number of carboxylic acid groups (broad SMARTS) is 1. The molecule has 8 heteroatoms. The van der Waals surface area contributed by atoms with Gasteiger partial charge in [0.1, 0.15) is 5.15 Å². The number of rotatable bonds is 3. The van der Waals surface area contributed by atoms with E-state index in [1.165, 1.54) is 14.0 Å². The summed E-state index contributed by atoms with van der Waals surface area (Å²) in [4.78, 5) is 10.6. The summed E-state index contributed by atoms with van der Waals surface area (Å²) in [6, 6.07) is 0. The summed E-state index contributed by atoms with van der Waals surface area (Å²) >= 11 is 5.68. The molecule has 0 aliphatic heterocycles. The van der Waals surface area contributed by atoms with E-state index in [1.807, 2.05) is 0 Å². The van der Waals surface area contributed by atoms with Gasteiger partial charge >= 0.3 is 12.1 Å². The summed E-state index contributed by atoms with van der Waals surface area (Å²) in [6.45, 7) is 1.31. The molecule has 0 fully saturated rings. The Bertz CT molecular complexity index is 442. The van der Waals surface area contributed by atoms with E-state index >= 15 is 0 Å². The first-order valence-corrected chi connectivity index (χ1v) is 5.03. The lowest BCUT2D eigenvalue weighted by molar-refractivity contribution is -0.144. The number of hydrogen-bond donors (Lipinski definition) is 1. The number of alkyl halides is 3. The van der Waals surface area contributed by atoms with E-state index in [9.17, 15) is 18.0 Å². The number of aryl methyl sites for hydroxylation is 1. The molecule has 0 spiro atoms. The van der Waals surface area contributed by atoms with Crippen LogP contribution < -0.4 is 0 Å². The van der Waals surface area contributed by atoms with Crippen LogP contribution in [0.3, 0.4) is 0 Å². The van der Waals surface area contributed by atoms with Crippen LogP contribution in [0.5, 0.6) is 0 Å². The van der Waals surface area contributed by atoms with E-state index < -0.39 is 23.8 Å². The topological polar surface area (TPSA) is 55.1 Å². The summed E-state index contributed by atoms with van der Waals surface area (Å²) in [6.07, 6.45) is -4.95. The first-order chi connectivity index (χ1) is 7.64. The first kappa shape index (κ1) is 13.8. The first-order valence-electron chi connectivity index (χ1n) is 4.66. The summed E-state index contributed by atoms with van der Waals surface area (Å²) in [5.41, 5.74) is -1.41. The van der Waals surface area contributed by atoms with E-state index in [1.54, 1.807) is 0 Å². The number of carbonyl (C=O) groups is 1. The molecule has 1 aromatic heterocycles. The van der Waals surface area contributed by atoms with Gasteiger partial charge in [-0.3, -0.25) is 9.48 Å². The Balaban J connectivity index is 3.18. The number of nitrogens with zero attached hydrogens (tertiary/aromatic N) is 2. The van der Waals surface area contributed by atoms with Crippen molar-refractivity contribution < 1.29 is 23.1 Å². The van der Waals surface area contributed by atoms with Crippen molar-refractivity contribution in [1.82, 2.24) is 9.78 Å². The third kappa shape index (κ3) is 2.91. The molecule has 0 saturated heterocycles. The van der Waals surface area contributed by atoms with E-state index in [2.05, 4.69) is 5.10 Å². The number of aliphatic carboxylic acids is 1. The van der Waals surface area contributed by atoms with Crippen LogP contribution in [-0.4, -0.2) is 20.9 Å². The second-order valence-corrected chi connectivity index (χ2v) is 4.04. The maximum Gasteiger partial charge on any atom is 0.435 e. The Morgan fingerprint density at radius 1 is 1.59 bits per heavy atom. The average Bonchev–Trinajstić information content (AvgIpc) is 2.45. The number of hydrogen-bond acceptors (Lipinski definition) is 2. The van der Waals surface area contributed by atoms with Gasteiger partial charge in [0.2, 0.25) is 0 Å². The van der Waals surface area contributed by atoms with Crippen molar-refractivity contribution >= 4 is 17.6 Å². The molecule has 1 heterocycles. The molecular weight excluding hydrogens is 261 g/mol. The van der Waals surface area contributed by atoms with E-state index in [4.69, 9.17) is 16.7 Å². The van der Waals surface area contributed by atoms with Gasteiger partial charge in [0.05, 0.1) is 5.92 Å². The fourth-order valence-corrected chi connectivity index (χ4v) is 1.55. The zero-order valence-electron chi connectivity index (χ0n) is 9.05. The third-order valence-corrected chi connectivity index (χ3v) is 2.74. The molecule has 1 rings (SSSR count). The van der Waals surface area contributed by atoms with Crippen molar-refractivity contribution in [3.63, 3.8) is 0 Å². The predicted molar refractivity (Wildman–Crippen MR) is 53.7 cm³/mol. The fraction of sp³-hybridized carbons (Fsp3) is 0.556. The molecule has 1 unspecified atom stereocenters. The second kappa shape index (κ2) is 4.56. The van der Waals surface area contributed by atoms with Crippen LogP contribution in [0.2, 0.25) is 5.15 Å². The number of aromatic nitrogens is 2. The SMILES string of the molecule is CC(Cc1c(C(F)(F)F)nn(C)c1Cl)C(=O)O. The molecule has 0 aliphatic carbocycles. The molecule has 0 aliphatic rings. The highest BCUT2D eigenvalue weighted by Crippen LogP contribution is 2.35. The summed E-state index contributed by atoms with van der Waals surface area (Å²) < 4.78 is 38.7. The lowest BCUT2D eigenvalue weighted by atomic mass is 10.0. The molecule has 0 aromatic carbocycles. The highest BCUT2D eigenvalue weighted by atomic mass is 35.5. The summed E-state index contributed by atoms with van der Waals surface area (Å²) in [7, 11) is 1.27. The molecule has 0 radical (unpaired) electrons. The zero-order valence-corrected chi connectivity index (χ0v) is 9.80. The molecule has 0 saturated carbocycles. The Kier molecular flexibility index (Phi) is 3.71. The van der Waals surface area contributed by atoms with Crippen molar-refractivity contribution in [2.24, 2.45) is 13.0 Å². The second-order valence-electron chi connectivity index (χ2n) is 3.68. The highest BCUT2D eigenvalue weighted by molar-refractivity contribution is 6.30. The minimum Gasteiger partial charge on any atom is -0.481 e. The lowest BCUT2D eigenvalue weighted by Gasteiger charge is -2.08. The number of carboxylic acids is 1. The molecular formula is C9H10ClF3N2O2. The Hall–Kier alpha value is -1.24. The van der Waals surface area contributed by atoms with Crippen LogP contribution in [0.1, 0.15) is 18.2 Å². The lowest BCUT2D eigenvalue weighted by Crippen LogP contribution is -2.16. The van der Waals surface area contributed by atoms with Gasteiger partial charge in [-0.1, -0.05) is 18.5 Å². The zero-order chi connectivity index (χ0) is 13.4. The van der Waals surface area contributed by atoms with Crippen molar-refractivity contribution in [3.8, 4) is 0 Å². The van der Waals surface area contributed by atoms with E-state index in [0.29, 0.717) is 0 Å². The van der Waals surface area contributed by atoms with Crippen LogP contribution in [-0.2, 0) is 24.4 Å². The van der Waals surface area contributed by atoms with Gasteiger partial charge < -0.3 is 5.11 Å². The van der Waals surface area contributed by atoms with Crippen LogP contribution >= 0.6 is 11.6 Å². The van der Waals surface area contributed by atoms with Gasteiger partial charge in [-0.2, -0.15) is 18.3 Å². The Morgan fingerprint density at radius 3 is 2.53 bits per heavy atom. The molecule has 0 bridgehead atoms. The third-order valence-electron chi connectivity index (χ3n) is 2.27. The minimum absolute atomic E-state index is 0.189. The van der Waals surface area contributed by atoms with Crippen molar-refractivity contribution in [2.45, 2.75) is 19.5 Å². The molecule has 1 atom stereocenters. The van der Waals surface area contributed by atoms with E-state index in [0.717, 1.165) is 4.68 Å². The smallest absolute Gasteiger partial charge is 0.435 e. The number of halogens is 4. The quantitative estimate of drug-likeness (QED) is 0.917. The van der Waals surface area contributed by atoms with Crippen molar-refractivity contribution in [1.29, 1.82) is 0 Å². The highest BCUT2D eigenvalue weighted by Gasteiger charge is 2.39. The standard InChI is InChI=1S/C9H10ClF3N2O2/c1-4(8(16)17)3-5-6(9(11,12)13)14-15(2)7(5)10/h4H,3H2,1-2H3,(H,16,17). The molecule has 1 N–H and O–H groups in total. The molecule has 17 heavy (non-hydrogen) atoms. The van der Waals surface area contributed by atoms with Crippen molar-refractivity contribution in [3.05, 3.63) is 16.4 Å². The van der Waals surface area contributed by atoms with Crippen molar-refractivity contribution in [2.75, 3.05) is 0 Å². The Labute approximate surface area is 100.0 Å².